The van der Waals surface area contributed by atoms with E-state index >= 15 is 0 Å². The lowest BCUT2D eigenvalue weighted by Gasteiger charge is -2.62. The van der Waals surface area contributed by atoms with Gasteiger partial charge in [0.2, 0.25) is 0 Å². The summed E-state index contributed by atoms with van der Waals surface area (Å²) in [7, 11) is 0. The van der Waals surface area contributed by atoms with Gasteiger partial charge in [0.05, 0.1) is 0 Å². The van der Waals surface area contributed by atoms with Crippen molar-refractivity contribution in [2.75, 3.05) is 0 Å². The highest BCUT2D eigenvalue weighted by atomic mass is 14.6. The largest absolute Gasteiger partial charge is 0.0654 e. The maximum absolute atomic E-state index is 2.72. The molecule has 2 fully saturated rings. The Morgan fingerprint density at radius 1 is 0.239 bits per heavy atom. The Kier molecular flexibility index (Phi) is 44.3. The molecule has 0 aromatic carbocycles. The molecule has 2 aliphatic rings. The maximum Gasteiger partial charge on any atom is -0.0184 e. The summed E-state index contributed by atoms with van der Waals surface area (Å²) in [5, 5.41) is 0. The first kappa shape index (κ1) is 63.1. The summed E-state index contributed by atoms with van der Waals surface area (Å²) in [5.74, 6) is 1.95. The molecule has 0 nitrogen and oxygen atoms in total. The van der Waals surface area contributed by atoms with Crippen LogP contribution in [0.15, 0.2) is 0 Å². The normalized spacial score (nSPS) is 15.6. The highest BCUT2D eigenvalue weighted by Gasteiger charge is 2.57. The quantitative estimate of drug-likeness (QED) is 0.0533. The Bertz CT molecular complexity index is 867. The Morgan fingerprint density at radius 2 is 0.418 bits per heavy atom. The van der Waals surface area contributed by atoms with Crippen LogP contribution in [0.3, 0.4) is 0 Å². The van der Waals surface area contributed by atoms with Gasteiger partial charge in [-0.3, -0.25) is 0 Å². The van der Waals surface area contributed by atoms with Crippen LogP contribution >= 0.6 is 0 Å². The number of unbranched alkanes of at least 4 members (excludes halogenated alkanes) is 41. The SMILES string of the molecule is CCCCCCCCCCCCCCC(C1CC[CH]CC1)(C1CC[CH]CC1)C(CCCCCCCCCCCCC)(CCCCCCCCCCCCC)CCCCCCCCCCCCC. The van der Waals surface area contributed by atoms with Gasteiger partial charge in [-0.15, -0.1) is 0 Å². The topological polar surface area (TPSA) is 0 Å². The highest BCUT2D eigenvalue weighted by Crippen LogP contribution is 2.66. The molecule has 2 saturated carbocycles. The molecule has 0 N–H and O–H groups in total. The second-order valence-corrected chi connectivity index (χ2v) is 24.1. The third-order valence-corrected chi connectivity index (χ3v) is 18.5. The molecule has 398 valence electrons. The minimum atomic E-state index is 0.562. The molecule has 0 aromatic heterocycles. The minimum Gasteiger partial charge on any atom is -0.0654 e. The molecule has 2 aliphatic carbocycles. The Hall–Kier alpha value is 0. The first-order valence-corrected chi connectivity index (χ1v) is 32.8. The van der Waals surface area contributed by atoms with Crippen molar-refractivity contribution >= 4 is 0 Å². The second kappa shape index (κ2) is 47.0. The zero-order chi connectivity index (χ0) is 47.9. The fourth-order valence-corrected chi connectivity index (χ4v) is 14.5. The van der Waals surface area contributed by atoms with E-state index in [0.717, 1.165) is 11.8 Å². The van der Waals surface area contributed by atoms with E-state index in [1.165, 1.54) is 340 Å². The van der Waals surface area contributed by atoms with E-state index in [-0.39, 0.29) is 0 Å². The van der Waals surface area contributed by atoms with Gasteiger partial charge in [0, 0.05) is 0 Å². The van der Waals surface area contributed by atoms with Crippen molar-refractivity contribution in [3.8, 4) is 0 Å². The van der Waals surface area contributed by atoms with Crippen LogP contribution in [-0.2, 0) is 0 Å². The first-order chi connectivity index (χ1) is 33.2. The molecular formula is C67H130. The monoisotopic (exact) mass is 935 g/mol. The lowest BCUT2D eigenvalue weighted by Crippen LogP contribution is -2.53. The fraction of sp³-hybridized carbons (Fsp3) is 0.970. The van der Waals surface area contributed by atoms with Crippen LogP contribution in [-0.4, -0.2) is 0 Å². The van der Waals surface area contributed by atoms with Gasteiger partial charge in [0.1, 0.15) is 0 Å². The minimum absolute atomic E-state index is 0.562. The van der Waals surface area contributed by atoms with Gasteiger partial charge in [0.25, 0.3) is 0 Å². The standard InChI is InChI=1S/C67H130/c1-5-9-13-17-21-25-29-33-37-41-45-55-63-67(64-56-48-46-49-57-64,65-58-50-47-51-59-65)66(60-52-42-38-34-30-26-22-18-14-10-6-2,61-53-43-39-35-31-27-23-19-15-11-7-3)62-54-44-40-36-32-28-24-20-16-12-8-4/h46-47,64-65H,5-45,48-63H2,1-4H3. The second-order valence-electron chi connectivity index (χ2n) is 24.1. The van der Waals surface area contributed by atoms with Gasteiger partial charge in [-0.05, 0) is 113 Å². The molecule has 67 heavy (non-hydrogen) atoms. The molecule has 0 saturated heterocycles. The third-order valence-electron chi connectivity index (χ3n) is 18.5. The Balaban J connectivity index is 2.31. The van der Waals surface area contributed by atoms with E-state index in [1.807, 2.05) is 0 Å². The van der Waals surface area contributed by atoms with Crippen LogP contribution in [0.4, 0.5) is 0 Å². The number of rotatable bonds is 52. The van der Waals surface area contributed by atoms with Crippen molar-refractivity contribution in [3.63, 3.8) is 0 Å². The van der Waals surface area contributed by atoms with Crippen LogP contribution < -0.4 is 0 Å². The summed E-state index contributed by atoms with van der Waals surface area (Å²) in [6.07, 6.45) is 90.2. The first-order valence-electron chi connectivity index (χ1n) is 32.8. The molecule has 0 aliphatic heterocycles. The summed E-state index contributed by atoms with van der Waals surface area (Å²) in [6.45, 7) is 9.42. The van der Waals surface area contributed by atoms with Crippen LogP contribution in [0.5, 0.6) is 0 Å². The van der Waals surface area contributed by atoms with Gasteiger partial charge >= 0.3 is 0 Å². The molecule has 0 unspecified atom stereocenters. The van der Waals surface area contributed by atoms with Gasteiger partial charge < -0.3 is 0 Å². The number of hydrogen-bond donors (Lipinski definition) is 0. The molecule has 0 aromatic rings. The Morgan fingerprint density at radius 3 is 0.627 bits per heavy atom. The lowest BCUT2D eigenvalue weighted by atomic mass is 9.43. The fourth-order valence-electron chi connectivity index (χ4n) is 14.5. The highest BCUT2D eigenvalue weighted by molar-refractivity contribution is 5.07. The van der Waals surface area contributed by atoms with E-state index in [9.17, 15) is 0 Å². The van der Waals surface area contributed by atoms with Gasteiger partial charge in [-0.25, -0.2) is 0 Å². The molecule has 0 spiro atoms. The smallest absolute Gasteiger partial charge is 0.0184 e. The summed E-state index contributed by atoms with van der Waals surface area (Å²) in [5.41, 5.74) is 1.14. The molecular weight excluding hydrogens is 805 g/mol. The van der Waals surface area contributed by atoms with E-state index in [0.29, 0.717) is 10.8 Å². The molecule has 0 atom stereocenters. The van der Waals surface area contributed by atoms with Crippen LogP contribution in [0.1, 0.15) is 394 Å². The summed E-state index contributed by atoms with van der Waals surface area (Å²) in [4.78, 5) is 0. The maximum atomic E-state index is 2.72. The van der Waals surface area contributed by atoms with Crippen molar-refractivity contribution in [2.45, 2.75) is 394 Å². The van der Waals surface area contributed by atoms with Crippen LogP contribution in [0, 0.1) is 35.5 Å². The van der Waals surface area contributed by atoms with Crippen molar-refractivity contribution in [3.05, 3.63) is 12.8 Å². The summed E-state index contributed by atoms with van der Waals surface area (Å²) in [6, 6.07) is 0. The van der Waals surface area contributed by atoms with E-state index in [1.54, 1.807) is 25.7 Å². The predicted molar refractivity (Wildman–Crippen MR) is 306 cm³/mol. The molecule has 2 radical (unpaired) electrons. The molecule has 0 bridgehead atoms. The predicted octanol–water partition coefficient (Wildman–Crippen LogP) is 24.9. The molecule has 0 heteroatoms. The summed E-state index contributed by atoms with van der Waals surface area (Å²) >= 11 is 0. The third kappa shape index (κ3) is 30.6. The lowest BCUT2D eigenvalue weighted by molar-refractivity contribution is -0.121. The van der Waals surface area contributed by atoms with Crippen LogP contribution in [0.2, 0.25) is 0 Å². The summed E-state index contributed by atoms with van der Waals surface area (Å²) < 4.78 is 0. The van der Waals surface area contributed by atoms with Crippen molar-refractivity contribution in [1.82, 2.24) is 0 Å². The van der Waals surface area contributed by atoms with Crippen molar-refractivity contribution in [1.29, 1.82) is 0 Å². The van der Waals surface area contributed by atoms with Crippen LogP contribution in [0.25, 0.3) is 0 Å². The van der Waals surface area contributed by atoms with Gasteiger partial charge in [-0.1, -0.05) is 317 Å². The van der Waals surface area contributed by atoms with E-state index in [4.69, 9.17) is 0 Å². The zero-order valence-electron chi connectivity index (χ0n) is 47.6. The van der Waals surface area contributed by atoms with E-state index < -0.39 is 0 Å². The van der Waals surface area contributed by atoms with Crippen molar-refractivity contribution in [2.24, 2.45) is 22.7 Å². The van der Waals surface area contributed by atoms with Crippen molar-refractivity contribution < 1.29 is 0 Å². The zero-order valence-corrected chi connectivity index (χ0v) is 47.6. The molecule has 2 rings (SSSR count). The van der Waals surface area contributed by atoms with Gasteiger partial charge in [-0.2, -0.15) is 0 Å². The average Bonchev–Trinajstić information content (AvgIpc) is 3.36. The molecule has 0 amide bonds. The Labute approximate surface area is 427 Å². The van der Waals surface area contributed by atoms with E-state index in [2.05, 4.69) is 40.5 Å². The van der Waals surface area contributed by atoms with Gasteiger partial charge in [0.15, 0.2) is 0 Å². The molecule has 0 heterocycles. The number of hydrogen-bond acceptors (Lipinski definition) is 0. The average molecular weight is 936 g/mol.